The van der Waals surface area contributed by atoms with Crippen molar-refractivity contribution in [3.8, 4) is 5.88 Å². The first kappa shape index (κ1) is 13.0. The summed E-state index contributed by atoms with van der Waals surface area (Å²) in [7, 11) is 3.40. The van der Waals surface area contributed by atoms with Crippen LogP contribution in [0.15, 0.2) is 24.5 Å². The summed E-state index contributed by atoms with van der Waals surface area (Å²) in [6.07, 6.45) is 3.31. The van der Waals surface area contributed by atoms with E-state index >= 15 is 0 Å². The summed E-state index contributed by atoms with van der Waals surface area (Å²) in [5, 5.41) is 0. The molecule has 19 heavy (non-hydrogen) atoms. The topological polar surface area (TPSA) is 103 Å². The number of ether oxygens (including phenoxy) is 1. The average Bonchev–Trinajstić information content (AvgIpc) is 2.46. The molecule has 0 fully saturated rings. The third-order valence-electron chi connectivity index (χ3n) is 2.72. The second kappa shape index (κ2) is 5.49. The fourth-order valence-corrected chi connectivity index (χ4v) is 1.54. The predicted octanol–water partition coefficient (Wildman–Crippen LogP) is 0.689. The van der Waals surface area contributed by atoms with Crippen LogP contribution in [0.2, 0.25) is 0 Å². The summed E-state index contributed by atoms with van der Waals surface area (Å²) in [5.74, 6) is 1.43. The molecule has 2 aromatic rings. The Hall–Kier alpha value is -2.41. The third-order valence-corrected chi connectivity index (χ3v) is 2.72. The summed E-state index contributed by atoms with van der Waals surface area (Å²) in [6, 6.07) is 3.63. The van der Waals surface area contributed by atoms with Crippen LogP contribution in [0.4, 0.5) is 17.5 Å². The Bertz CT molecular complexity index is 557. The number of methoxy groups -OCH3 is 1. The van der Waals surface area contributed by atoms with E-state index in [1.54, 1.807) is 30.5 Å². The van der Waals surface area contributed by atoms with Gasteiger partial charge in [0.25, 0.3) is 0 Å². The van der Waals surface area contributed by atoms with E-state index in [2.05, 4.69) is 15.0 Å². The smallest absolute Gasteiger partial charge is 0.231 e. The molecular formula is C12H16N6O. The van der Waals surface area contributed by atoms with Gasteiger partial charge in [0, 0.05) is 31.4 Å². The van der Waals surface area contributed by atoms with Crippen molar-refractivity contribution in [3.63, 3.8) is 0 Å². The highest BCUT2D eigenvalue weighted by atomic mass is 16.5. The van der Waals surface area contributed by atoms with E-state index in [0.29, 0.717) is 24.2 Å². The molecule has 0 aliphatic rings. The maximum atomic E-state index is 5.80. The van der Waals surface area contributed by atoms with Gasteiger partial charge in [0.1, 0.15) is 5.82 Å². The summed E-state index contributed by atoms with van der Waals surface area (Å²) >= 11 is 0. The number of aromatic nitrogens is 3. The molecule has 0 amide bonds. The van der Waals surface area contributed by atoms with Crippen LogP contribution in [0.25, 0.3) is 0 Å². The summed E-state index contributed by atoms with van der Waals surface area (Å²) in [4.78, 5) is 14.4. The average molecular weight is 260 g/mol. The first-order valence-electron chi connectivity index (χ1n) is 5.71. The van der Waals surface area contributed by atoms with Crippen LogP contribution < -0.4 is 21.1 Å². The first-order valence-corrected chi connectivity index (χ1v) is 5.71. The standard InChI is InChI=1S/C12H16N6O/c1-18(9-3-4-10(19-2)15-7-9)12-16-6-8(5-13)11(14)17-12/h3-4,6-7H,5,13H2,1-2H3,(H2,14,16,17). The van der Waals surface area contributed by atoms with Gasteiger partial charge in [0.05, 0.1) is 19.0 Å². The highest BCUT2D eigenvalue weighted by Gasteiger charge is 2.10. The number of nitrogens with two attached hydrogens (primary N) is 2. The molecule has 0 spiro atoms. The summed E-state index contributed by atoms with van der Waals surface area (Å²) in [5.41, 5.74) is 12.9. The zero-order chi connectivity index (χ0) is 13.8. The molecule has 2 heterocycles. The van der Waals surface area contributed by atoms with E-state index < -0.39 is 0 Å². The molecule has 0 aliphatic heterocycles. The van der Waals surface area contributed by atoms with E-state index in [1.165, 1.54) is 0 Å². The van der Waals surface area contributed by atoms with Gasteiger partial charge in [-0.1, -0.05) is 0 Å². The molecule has 0 atom stereocenters. The van der Waals surface area contributed by atoms with Crippen LogP contribution in [0.3, 0.4) is 0 Å². The fraction of sp³-hybridized carbons (Fsp3) is 0.250. The van der Waals surface area contributed by atoms with Crippen molar-refractivity contribution in [2.24, 2.45) is 5.73 Å². The zero-order valence-corrected chi connectivity index (χ0v) is 10.9. The minimum absolute atomic E-state index is 0.319. The van der Waals surface area contributed by atoms with Gasteiger partial charge in [-0.15, -0.1) is 0 Å². The van der Waals surface area contributed by atoms with Crippen LogP contribution in [-0.4, -0.2) is 29.1 Å². The number of pyridine rings is 1. The van der Waals surface area contributed by atoms with E-state index in [9.17, 15) is 0 Å². The van der Waals surface area contributed by atoms with Crippen molar-refractivity contribution in [2.75, 3.05) is 24.8 Å². The Kier molecular flexibility index (Phi) is 3.76. The van der Waals surface area contributed by atoms with Crippen molar-refractivity contribution in [1.82, 2.24) is 15.0 Å². The molecule has 7 heteroatoms. The van der Waals surface area contributed by atoms with Crippen molar-refractivity contribution in [1.29, 1.82) is 0 Å². The Morgan fingerprint density at radius 1 is 1.26 bits per heavy atom. The van der Waals surface area contributed by atoms with Crippen molar-refractivity contribution < 1.29 is 4.74 Å². The van der Waals surface area contributed by atoms with Crippen LogP contribution >= 0.6 is 0 Å². The molecule has 7 nitrogen and oxygen atoms in total. The molecule has 0 radical (unpaired) electrons. The molecule has 0 bridgehead atoms. The van der Waals surface area contributed by atoms with Gasteiger partial charge < -0.3 is 21.1 Å². The second-order valence-corrected chi connectivity index (χ2v) is 3.90. The molecule has 0 saturated carbocycles. The van der Waals surface area contributed by atoms with E-state index in [4.69, 9.17) is 16.2 Å². The van der Waals surface area contributed by atoms with Gasteiger partial charge in [-0.3, -0.25) is 0 Å². The Morgan fingerprint density at radius 3 is 2.58 bits per heavy atom. The summed E-state index contributed by atoms with van der Waals surface area (Å²) < 4.78 is 5.01. The lowest BCUT2D eigenvalue weighted by Gasteiger charge is -2.17. The van der Waals surface area contributed by atoms with Gasteiger partial charge in [-0.2, -0.15) is 4.98 Å². The molecule has 100 valence electrons. The second-order valence-electron chi connectivity index (χ2n) is 3.90. The minimum atomic E-state index is 0.319. The van der Waals surface area contributed by atoms with Crippen molar-refractivity contribution in [3.05, 3.63) is 30.1 Å². The number of hydrogen-bond donors (Lipinski definition) is 2. The van der Waals surface area contributed by atoms with Crippen LogP contribution in [0, 0.1) is 0 Å². The van der Waals surface area contributed by atoms with Gasteiger partial charge in [-0.05, 0) is 6.07 Å². The lowest BCUT2D eigenvalue weighted by molar-refractivity contribution is 0.398. The highest BCUT2D eigenvalue weighted by molar-refractivity contribution is 5.57. The lowest BCUT2D eigenvalue weighted by atomic mass is 10.3. The van der Waals surface area contributed by atoms with Gasteiger partial charge >= 0.3 is 0 Å². The van der Waals surface area contributed by atoms with Crippen LogP contribution in [-0.2, 0) is 6.54 Å². The van der Waals surface area contributed by atoms with Crippen LogP contribution in [0.5, 0.6) is 5.88 Å². The molecule has 2 rings (SSSR count). The van der Waals surface area contributed by atoms with E-state index in [1.807, 2.05) is 13.1 Å². The van der Waals surface area contributed by atoms with Gasteiger partial charge in [-0.25, -0.2) is 9.97 Å². The van der Waals surface area contributed by atoms with Crippen LogP contribution in [0.1, 0.15) is 5.56 Å². The Labute approximate surface area is 111 Å². The number of anilines is 3. The number of rotatable bonds is 4. The highest BCUT2D eigenvalue weighted by Crippen LogP contribution is 2.22. The van der Waals surface area contributed by atoms with Crippen molar-refractivity contribution in [2.45, 2.75) is 6.54 Å². The van der Waals surface area contributed by atoms with Crippen molar-refractivity contribution >= 4 is 17.5 Å². The molecule has 2 aromatic heterocycles. The maximum Gasteiger partial charge on any atom is 0.231 e. The normalized spacial score (nSPS) is 10.3. The minimum Gasteiger partial charge on any atom is -0.481 e. The molecule has 4 N–H and O–H groups in total. The monoisotopic (exact) mass is 260 g/mol. The summed E-state index contributed by atoms with van der Waals surface area (Å²) in [6.45, 7) is 0.319. The largest absolute Gasteiger partial charge is 0.481 e. The number of hydrogen-bond acceptors (Lipinski definition) is 7. The SMILES string of the molecule is COc1ccc(N(C)c2ncc(CN)c(N)n2)cn1. The maximum absolute atomic E-state index is 5.80. The lowest BCUT2D eigenvalue weighted by Crippen LogP contribution is -2.15. The van der Waals surface area contributed by atoms with E-state index in [0.717, 1.165) is 11.3 Å². The molecule has 0 saturated heterocycles. The quantitative estimate of drug-likeness (QED) is 0.833. The molecule has 0 aromatic carbocycles. The Morgan fingerprint density at radius 2 is 2.05 bits per heavy atom. The first-order chi connectivity index (χ1) is 9.15. The number of nitrogen functional groups attached to an aromatic ring is 1. The molecule has 0 unspecified atom stereocenters. The predicted molar refractivity (Wildman–Crippen MR) is 73.2 cm³/mol. The fourth-order valence-electron chi connectivity index (χ4n) is 1.54. The Balaban J connectivity index is 2.27. The molecular weight excluding hydrogens is 244 g/mol. The molecule has 0 aliphatic carbocycles. The van der Waals surface area contributed by atoms with E-state index in [-0.39, 0.29) is 0 Å². The number of nitrogens with zero attached hydrogens (tertiary/aromatic N) is 4. The zero-order valence-electron chi connectivity index (χ0n) is 10.9. The van der Waals surface area contributed by atoms with Gasteiger partial charge in [0.15, 0.2) is 0 Å². The van der Waals surface area contributed by atoms with Gasteiger partial charge in [0.2, 0.25) is 11.8 Å². The third kappa shape index (κ3) is 2.71.